The van der Waals surface area contributed by atoms with Crippen LogP contribution in [0.5, 0.6) is 0 Å². The Morgan fingerprint density at radius 3 is 2.41 bits per heavy atom. The van der Waals surface area contributed by atoms with Crippen molar-refractivity contribution in [1.82, 2.24) is 9.29 Å². The van der Waals surface area contributed by atoms with Crippen LogP contribution >= 0.6 is 0 Å². The molecule has 0 aliphatic carbocycles. The van der Waals surface area contributed by atoms with E-state index in [1.807, 2.05) is 19.1 Å². The molecule has 7 nitrogen and oxygen atoms in total. The number of nitrogens with one attached hydrogen (secondary N) is 2. The molecule has 3 rings (SSSR count). The summed E-state index contributed by atoms with van der Waals surface area (Å²) in [5.41, 5.74) is 1.57. The third-order valence-corrected chi connectivity index (χ3v) is 6.84. The first kappa shape index (κ1) is 20.8. The first-order chi connectivity index (χ1) is 13.8. The lowest BCUT2D eigenvalue weighted by Gasteiger charge is -2.19. The molecule has 0 unspecified atom stereocenters. The van der Waals surface area contributed by atoms with E-state index >= 15 is 0 Å². The van der Waals surface area contributed by atoms with Gasteiger partial charge in [0.05, 0.1) is 10.5 Å². The highest BCUT2D eigenvalue weighted by Gasteiger charge is 2.23. The second-order valence-electron chi connectivity index (χ2n) is 6.61. The zero-order valence-electron chi connectivity index (χ0n) is 16.5. The van der Waals surface area contributed by atoms with Crippen molar-refractivity contribution in [2.45, 2.75) is 25.7 Å². The first-order valence-corrected chi connectivity index (χ1v) is 10.8. The van der Waals surface area contributed by atoms with Crippen molar-refractivity contribution >= 4 is 32.5 Å². The Labute approximate surface area is 169 Å². The van der Waals surface area contributed by atoms with Crippen LogP contribution in [-0.4, -0.2) is 36.7 Å². The topological polar surface area (TPSA) is 99.3 Å². The minimum atomic E-state index is -3.70. The van der Waals surface area contributed by atoms with Crippen molar-refractivity contribution in [2.75, 3.05) is 18.4 Å². The lowest BCUT2D eigenvalue weighted by atomic mass is 10.1. The largest absolute Gasteiger partial charge is 0.322 e. The van der Waals surface area contributed by atoms with Gasteiger partial charge in [-0.2, -0.15) is 4.31 Å². The number of rotatable bonds is 6. The molecular weight excluding hydrogens is 390 g/mol. The maximum atomic E-state index is 12.9. The molecule has 1 aromatic heterocycles. The molecule has 3 aromatic rings. The predicted molar refractivity (Wildman–Crippen MR) is 114 cm³/mol. The fourth-order valence-corrected chi connectivity index (χ4v) is 4.68. The van der Waals surface area contributed by atoms with Crippen LogP contribution in [0, 0.1) is 6.92 Å². The summed E-state index contributed by atoms with van der Waals surface area (Å²) < 4.78 is 27.1. The van der Waals surface area contributed by atoms with Crippen LogP contribution in [0.1, 0.15) is 29.8 Å². The van der Waals surface area contributed by atoms with Gasteiger partial charge in [-0.25, -0.2) is 8.42 Å². The summed E-state index contributed by atoms with van der Waals surface area (Å²) >= 11 is 0. The minimum Gasteiger partial charge on any atom is -0.322 e. The molecule has 2 N–H and O–H groups in total. The van der Waals surface area contributed by atoms with E-state index in [1.54, 1.807) is 26.0 Å². The number of hydrogen-bond acceptors (Lipinski definition) is 4. The molecular formula is C21H23N3O4S. The molecule has 1 amide bonds. The van der Waals surface area contributed by atoms with Gasteiger partial charge in [0.15, 0.2) is 0 Å². The predicted octanol–water partition coefficient (Wildman–Crippen LogP) is 3.12. The van der Waals surface area contributed by atoms with Crippen LogP contribution in [0.15, 0.2) is 58.2 Å². The van der Waals surface area contributed by atoms with E-state index < -0.39 is 21.5 Å². The number of sulfonamides is 1. The highest BCUT2D eigenvalue weighted by Crippen LogP contribution is 2.24. The first-order valence-electron chi connectivity index (χ1n) is 9.32. The molecule has 0 saturated heterocycles. The zero-order chi connectivity index (χ0) is 21.2. The fraction of sp³-hybridized carbons (Fsp3) is 0.238. The van der Waals surface area contributed by atoms with Crippen molar-refractivity contribution in [3.05, 3.63) is 70.0 Å². The van der Waals surface area contributed by atoms with Crippen LogP contribution in [0.3, 0.4) is 0 Å². The molecule has 0 aliphatic heterocycles. The summed E-state index contributed by atoms with van der Waals surface area (Å²) in [7, 11) is -3.70. The van der Waals surface area contributed by atoms with Crippen molar-refractivity contribution in [3.8, 4) is 0 Å². The highest BCUT2D eigenvalue weighted by atomic mass is 32.2. The smallest absolute Gasteiger partial charge is 0.256 e. The molecule has 1 heterocycles. The summed E-state index contributed by atoms with van der Waals surface area (Å²) in [5, 5.41) is 3.16. The Kier molecular flexibility index (Phi) is 5.86. The lowest BCUT2D eigenvalue weighted by Crippen LogP contribution is -2.30. The number of aromatic nitrogens is 1. The van der Waals surface area contributed by atoms with Crippen LogP contribution in [-0.2, 0) is 10.0 Å². The second-order valence-corrected chi connectivity index (χ2v) is 8.55. The SMILES string of the molecule is CCN(CC)S(=O)(=O)c1ccc2[nH]c(=O)cc(C(=O)Nc3ccccc3C)c2c1. The van der Waals surface area contributed by atoms with E-state index in [9.17, 15) is 18.0 Å². The second kappa shape index (κ2) is 8.18. The minimum absolute atomic E-state index is 0.0747. The number of carbonyl (C=O) groups is 1. The van der Waals surface area contributed by atoms with Gasteiger partial charge in [-0.3, -0.25) is 9.59 Å². The van der Waals surface area contributed by atoms with E-state index in [0.717, 1.165) is 5.56 Å². The molecule has 2 aromatic carbocycles. The third-order valence-electron chi connectivity index (χ3n) is 4.80. The molecule has 0 saturated carbocycles. The van der Waals surface area contributed by atoms with Gasteiger partial charge in [-0.15, -0.1) is 0 Å². The number of carbonyl (C=O) groups excluding carboxylic acids is 1. The van der Waals surface area contributed by atoms with E-state index in [4.69, 9.17) is 0 Å². The quantitative estimate of drug-likeness (QED) is 0.648. The van der Waals surface area contributed by atoms with E-state index in [2.05, 4.69) is 10.3 Å². The monoisotopic (exact) mass is 413 g/mol. The molecule has 0 spiro atoms. The average molecular weight is 413 g/mol. The number of aryl methyl sites for hydroxylation is 1. The number of H-pyrrole nitrogens is 1. The number of aromatic amines is 1. The number of amides is 1. The summed E-state index contributed by atoms with van der Waals surface area (Å²) in [5.74, 6) is -0.479. The maximum absolute atomic E-state index is 12.9. The number of fused-ring (bicyclic) bond motifs is 1. The molecule has 152 valence electrons. The number of pyridine rings is 1. The van der Waals surface area contributed by atoms with Gasteiger partial charge in [0.25, 0.3) is 5.91 Å². The maximum Gasteiger partial charge on any atom is 0.256 e. The van der Waals surface area contributed by atoms with Crippen molar-refractivity contribution in [1.29, 1.82) is 0 Å². The Morgan fingerprint density at radius 1 is 1.07 bits per heavy atom. The average Bonchev–Trinajstić information content (AvgIpc) is 2.69. The van der Waals surface area contributed by atoms with Crippen LogP contribution in [0.4, 0.5) is 5.69 Å². The van der Waals surface area contributed by atoms with Gasteiger partial charge >= 0.3 is 0 Å². The molecule has 29 heavy (non-hydrogen) atoms. The van der Waals surface area contributed by atoms with Crippen molar-refractivity contribution < 1.29 is 13.2 Å². The van der Waals surface area contributed by atoms with Crippen molar-refractivity contribution in [2.24, 2.45) is 0 Å². The molecule has 0 fully saturated rings. The summed E-state index contributed by atoms with van der Waals surface area (Å²) in [4.78, 5) is 27.7. The normalized spacial score (nSPS) is 11.7. The van der Waals surface area contributed by atoms with Crippen LogP contribution in [0.2, 0.25) is 0 Å². The number of nitrogens with zero attached hydrogens (tertiary/aromatic N) is 1. The van der Waals surface area contributed by atoms with E-state index in [-0.39, 0.29) is 10.5 Å². The molecule has 0 aliphatic rings. The van der Waals surface area contributed by atoms with Gasteiger partial charge in [0.1, 0.15) is 0 Å². The summed E-state index contributed by atoms with van der Waals surface area (Å²) in [6, 6.07) is 12.9. The fourth-order valence-electron chi connectivity index (χ4n) is 3.20. The number of hydrogen-bond donors (Lipinski definition) is 2. The summed E-state index contributed by atoms with van der Waals surface area (Å²) in [6.45, 7) is 6.06. The standard InChI is InChI=1S/C21H23N3O4S/c1-4-24(5-2)29(27,28)15-10-11-19-16(12-15)17(13-20(25)22-19)21(26)23-18-9-7-6-8-14(18)3/h6-13H,4-5H2,1-3H3,(H,22,25)(H,23,26). The molecule has 8 heteroatoms. The Balaban J connectivity index is 2.13. The highest BCUT2D eigenvalue weighted by molar-refractivity contribution is 7.89. The van der Waals surface area contributed by atoms with Crippen LogP contribution < -0.4 is 10.9 Å². The summed E-state index contributed by atoms with van der Waals surface area (Å²) in [6.07, 6.45) is 0. The Morgan fingerprint density at radius 2 is 1.76 bits per heavy atom. The molecule has 0 atom stereocenters. The lowest BCUT2D eigenvalue weighted by molar-refractivity contribution is 0.102. The number of para-hydroxylation sites is 1. The van der Waals surface area contributed by atoms with Gasteiger partial charge in [0, 0.05) is 35.7 Å². The molecule has 0 bridgehead atoms. The number of anilines is 1. The van der Waals surface area contributed by atoms with Crippen LogP contribution in [0.25, 0.3) is 10.9 Å². The van der Waals surface area contributed by atoms with Gasteiger partial charge in [0.2, 0.25) is 15.6 Å². The van der Waals surface area contributed by atoms with Crippen molar-refractivity contribution in [3.63, 3.8) is 0 Å². The zero-order valence-corrected chi connectivity index (χ0v) is 17.3. The van der Waals surface area contributed by atoms with Gasteiger partial charge in [-0.05, 0) is 36.8 Å². The number of benzene rings is 2. The van der Waals surface area contributed by atoms with Gasteiger partial charge < -0.3 is 10.3 Å². The van der Waals surface area contributed by atoms with Gasteiger partial charge in [-0.1, -0.05) is 32.0 Å². The van der Waals surface area contributed by atoms with E-state index in [0.29, 0.717) is 29.7 Å². The van der Waals surface area contributed by atoms with E-state index in [1.165, 1.54) is 28.6 Å². The molecule has 0 radical (unpaired) electrons. The third kappa shape index (κ3) is 4.08. The Bertz CT molecular complexity index is 1230. The Hall–Kier alpha value is -2.97.